The summed E-state index contributed by atoms with van der Waals surface area (Å²) >= 11 is 0. The van der Waals surface area contributed by atoms with Crippen molar-refractivity contribution in [2.24, 2.45) is 0 Å². The number of nitrogens with two attached hydrogens (primary N) is 1. The number of nitro groups is 1. The molecule has 0 fully saturated rings. The summed E-state index contributed by atoms with van der Waals surface area (Å²) in [5.41, 5.74) is 5.65. The highest BCUT2D eigenvalue weighted by Gasteiger charge is 2.14. The number of hydrogen-bond acceptors (Lipinski definition) is 6. The number of rotatable bonds is 9. The lowest BCUT2D eigenvalue weighted by atomic mass is 10.3. The molecule has 7 nitrogen and oxygen atoms in total. The highest BCUT2D eigenvalue weighted by molar-refractivity contribution is 5.54. The van der Waals surface area contributed by atoms with Gasteiger partial charge in [0.15, 0.2) is 0 Å². The van der Waals surface area contributed by atoms with Gasteiger partial charge in [0.2, 0.25) is 0 Å². The first-order valence-electron chi connectivity index (χ1n) is 7.41. The van der Waals surface area contributed by atoms with E-state index in [0.29, 0.717) is 5.82 Å². The molecule has 7 heteroatoms. The van der Waals surface area contributed by atoms with Crippen LogP contribution in [0, 0.1) is 10.1 Å². The van der Waals surface area contributed by atoms with Crippen molar-refractivity contribution in [3.05, 3.63) is 22.2 Å². The molecule has 0 saturated heterocycles. The molecule has 0 saturated carbocycles. The summed E-state index contributed by atoms with van der Waals surface area (Å²) < 4.78 is 0. The van der Waals surface area contributed by atoms with Gasteiger partial charge in [0.25, 0.3) is 5.69 Å². The van der Waals surface area contributed by atoms with Crippen molar-refractivity contribution in [3.63, 3.8) is 0 Å². The molecule has 0 aliphatic heterocycles. The standard InChI is InChI=1S/C14H25N5O2/c1-4-17(5-2)8-7-9-18(6-3)14-11-12(19(20)21)10-13(15)16-14/h10-11H,4-9H2,1-3H3,(H2,15,16). The van der Waals surface area contributed by atoms with E-state index >= 15 is 0 Å². The molecule has 1 rings (SSSR count). The lowest BCUT2D eigenvalue weighted by molar-refractivity contribution is -0.384. The largest absolute Gasteiger partial charge is 0.383 e. The van der Waals surface area contributed by atoms with Crippen molar-refractivity contribution in [2.45, 2.75) is 27.2 Å². The van der Waals surface area contributed by atoms with Crippen molar-refractivity contribution in [3.8, 4) is 0 Å². The fourth-order valence-corrected chi connectivity index (χ4v) is 2.25. The topological polar surface area (TPSA) is 88.5 Å². The Morgan fingerprint density at radius 3 is 2.38 bits per heavy atom. The molecule has 0 atom stereocenters. The van der Waals surface area contributed by atoms with Crippen molar-refractivity contribution in [2.75, 3.05) is 43.4 Å². The molecule has 0 aromatic carbocycles. The molecule has 1 aromatic rings. The molecule has 0 aliphatic carbocycles. The van der Waals surface area contributed by atoms with Gasteiger partial charge in [-0.15, -0.1) is 0 Å². The third kappa shape index (κ3) is 5.18. The molecular weight excluding hydrogens is 270 g/mol. The van der Waals surface area contributed by atoms with E-state index in [1.54, 1.807) is 0 Å². The quantitative estimate of drug-likeness (QED) is 0.554. The van der Waals surface area contributed by atoms with Crippen molar-refractivity contribution < 1.29 is 4.92 Å². The highest BCUT2D eigenvalue weighted by Crippen LogP contribution is 2.21. The van der Waals surface area contributed by atoms with Gasteiger partial charge in [0, 0.05) is 13.1 Å². The number of aromatic nitrogens is 1. The van der Waals surface area contributed by atoms with Crippen molar-refractivity contribution in [1.82, 2.24) is 9.88 Å². The van der Waals surface area contributed by atoms with Gasteiger partial charge < -0.3 is 15.5 Å². The van der Waals surface area contributed by atoms with Crippen molar-refractivity contribution in [1.29, 1.82) is 0 Å². The minimum atomic E-state index is -0.439. The minimum absolute atomic E-state index is 0.0142. The van der Waals surface area contributed by atoms with E-state index in [9.17, 15) is 10.1 Å². The smallest absolute Gasteiger partial charge is 0.276 e. The van der Waals surface area contributed by atoms with Crippen LogP contribution >= 0.6 is 0 Å². The summed E-state index contributed by atoms with van der Waals surface area (Å²) in [5.74, 6) is 0.755. The Morgan fingerprint density at radius 2 is 1.86 bits per heavy atom. The second-order valence-corrected chi connectivity index (χ2v) is 4.83. The zero-order valence-electron chi connectivity index (χ0n) is 13.1. The van der Waals surface area contributed by atoms with Crippen LogP contribution in [0.2, 0.25) is 0 Å². The van der Waals surface area contributed by atoms with Gasteiger partial charge in [-0.05, 0) is 33.0 Å². The Kier molecular flexibility index (Phi) is 6.87. The van der Waals surface area contributed by atoms with Crippen LogP contribution in [-0.4, -0.2) is 47.5 Å². The zero-order chi connectivity index (χ0) is 15.8. The first-order chi connectivity index (χ1) is 10.0. The molecule has 0 amide bonds. The number of nitrogen functional groups attached to an aromatic ring is 1. The lowest BCUT2D eigenvalue weighted by Gasteiger charge is -2.24. The molecule has 2 N–H and O–H groups in total. The predicted octanol–water partition coefficient (Wildman–Crippen LogP) is 2.13. The van der Waals surface area contributed by atoms with Gasteiger partial charge in [-0.25, -0.2) is 4.98 Å². The van der Waals surface area contributed by atoms with Gasteiger partial charge in [0.05, 0.1) is 17.1 Å². The number of nitrogens with zero attached hydrogens (tertiary/aromatic N) is 4. The summed E-state index contributed by atoms with van der Waals surface area (Å²) in [5, 5.41) is 10.9. The van der Waals surface area contributed by atoms with Crippen LogP contribution in [0.15, 0.2) is 12.1 Å². The van der Waals surface area contributed by atoms with Crippen LogP contribution in [0.25, 0.3) is 0 Å². The maximum atomic E-state index is 10.9. The van der Waals surface area contributed by atoms with E-state index in [1.165, 1.54) is 12.1 Å². The Morgan fingerprint density at radius 1 is 1.19 bits per heavy atom. The van der Waals surface area contributed by atoms with E-state index in [2.05, 4.69) is 23.7 Å². The predicted molar refractivity (Wildman–Crippen MR) is 85.6 cm³/mol. The third-order valence-corrected chi connectivity index (χ3v) is 3.53. The number of pyridine rings is 1. The Bertz CT molecular complexity index is 463. The van der Waals surface area contributed by atoms with Crippen LogP contribution in [0.5, 0.6) is 0 Å². The second kappa shape index (κ2) is 8.41. The third-order valence-electron chi connectivity index (χ3n) is 3.53. The summed E-state index contributed by atoms with van der Waals surface area (Å²) in [4.78, 5) is 19.0. The Hall–Kier alpha value is -1.89. The normalized spacial score (nSPS) is 10.9. The molecule has 0 spiro atoms. The number of hydrogen-bond donors (Lipinski definition) is 1. The van der Waals surface area contributed by atoms with E-state index in [0.717, 1.165) is 39.1 Å². The average Bonchev–Trinajstić information content (AvgIpc) is 2.47. The van der Waals surface area contributed by atoms with E-state index in [-0.39, 0.29) is 11.5 Å². The fraction of sp³-hybridized carbons (Fsp3) is 0.643. The van der Waals surface area contributed by atoms with Gasteiger partial charge in [-0.2, -0.15) is 0 Å². The highest BCUT2D eigenvalue weighted by atomic mass is 16.6. The molecule has 0 radical (unpaired) electrons. The van der Waals surface area contributed by atoms with Crippen LogP contribution in [0.3, 0.4) is 0 Å². The van der Waals surface area contributed by atoms with E-state index in [1.807, 2.05) is 11.8 Å². The van der Waals surface area contributed by atoms with Crippen molar-refractivity contribution >= 4 is 17.3 Å². The molecule has 1 aromatic heterocycles. The minimum Gasteiger partial charge on any atom is -0.383 e. The molecule has 21 heavy (non-hydrogen) atoms. The molecule has 0 bridgehead atoms. The molecule has 0 unspecified atom stereocenters. The molecule has 0 aliphatic rings. The maximum Gasteiger partial charge on any atom is 0.276 e. The Balaban J connectivity index is 2.73. The van der Waals surface area contributed by atoms with Crippen LogP contribution in [0.4, 0.5) is 17.3 Å². The molecule has 1 heterocycles. The second-order valence-electron chi connectivity index (χ2n) is 4.83. The first kappa shape index (κ1) is 17.2. The molecule has 118 valence electrons. The maximum absolute atomic E-state index is 10.9. The first-order valence-corrected chi connectivity index (χ1v) is 7.41. The lowest BCUT2D eigenvalue weighted by Crippen LogP contribution is -2.30. The van der Waals surface area contributed by atoms with Crippen LogP contribution in [0.1, 0.15) is 27.2 Å². The monoisotopic (exact) mass is 295 g/mol. The van der Waals surface area contributed by atoms with Gasteiger partial charge in [-0.3, -0.25) is 10.1 Å². The van der Waals surface area contributed by atoms with E-state index < -0.39 is 4.92 Å². The van der Waals surface area contributed by atoms with Gasteiger partial charge in [0.1, 0.15) is 11.6 Å². The van der Waals surface area contributed by atoms with Crippen LogP contribution < -0.4 is 10.6 Å². The fourth-order valence-electron chi connectivity index (χ4n) is 2.25. The summed E-state index contributed by atoms with van der Waals surface area (Å²) in [7, 11) is 0. The summed E-state index contributed by atoms with van der Waals surface area (Å²) in [6.45, 7) is 10.9. The zero-order valence-corrected chi connectivity index (χ0v) is 13.1. The van der Waals surface area contributed by atoms with Gasteiger partial charge in [-0.1, -0.05) is 13.8 Å². The van der Waals surface area contributed by atoms with Gasteiger partial charge >= 0.3 is 0 Å². The Labute approximate surface area is 125 Å². The number of anilines is 2. The molecular formula is C14H25N5O2. The SMILES string of the molecule is CCN(CC)CCCN(CC)c1cc([N+](=O)[O-])cc(N)n1. The average molecular weight is 295 g/mol. The van der Waals surface area contributed by atoms with Crippen LogP contribution in [-0.2, 0) is 0 Å². The summed E-state index contributed by atoms with van der Waals surface area (Å²) in [6, 6.07) is 2.77. The van der Waals surface area contributed by atoms with E-state index in [4.69, 9.17) is 5.73 Å². The summed E-state index contributed by atoms with van der Waals surface area (Å²) in [6.07, 6.45) is 0.986.